The summed E-state index contributed by atoms with van der Waals surface area (Å²) in [6.45, 7) is 0.506. The molecule has 0 aliphatic carbocycles. The van der Waals surface area contributed by atoms with Gasteiger partial charge in [-0.3, -0.25) is 4.79 Å². The Hall–Kier alpha value is -2.58. The van der Waals surface area contributed by atoms with Crippen molar-refractivity contribution in [3.8, 4) is 11.8 Å². The Morgan fingerprint density at radius 1 is 1.25 bits per heavy atom. The third kappa shape index (κ3) is 5.25. The monoisotopic (exact) mass is 384 g/mol. The highest BCUT2D eigenvalue weighted by Crippen LogP contribution is 2.25. The fraction of sp³-hybridized carbons (Fsp3) is 0.158. The van der Waals surface area contributed by atoms with Gasteiger partial charge in [0.25, 0.3) is 5.91 Å². The average molecular weight is 385 g/mol. The number of aryl methyl sites for hydroxylation is 1. The molecule has 0 unspecified atom stereocenters. The van der Waals surface area contributed by atoms with E-state index >= 15 is 0 Å². The van der Waals surface area contributed by atoms with Crippen molar-refractivity contribution in [3.63, 3.8) is 0 Å². The second kappa shape index (κ2) is 8.90. The number of halogens is 1. The van der Waals surface area contributed by atoms with Gasteiger partial charge in [0.15, 0.2) is 0 Å². The summed E-state index contributed by atoms with van der Waals surface area (Å²) >= 11 is 3.21. The molecular formula is C19H17BrN2O2. The smallest absolute Gasteiger partial charge is 0.261 e. The Labute approximate surface area is 149 Å². The molecule has 2 aromatic carbocycles. The summed E-state index contributed by atoms with van der Waals surface area (Å²) in [5.41, 5.74) is 1.92. The minimum atomic E-state index is -0.394. The molecule has 0 heterocycles. The normalized spacial score (nSPS) is 10.9. The maximum Gasteiger partial charge on any atom is 0.261 e. The van der Waals surface area contributed by atoms with Gasteiger partial charge in [0.2, 0.25) is 0 Å². The third-order valence-electron chi connectivity index (χ3n) is 3.42. The van der Waals surface area contributed by atoms with E-state index in [1.54, 1.807) is 12.1 Å². The fourth-order valence-electron chi connectivity index (χ4n) is 2.16. The van der Waals surface area contributed by atoms with Crippen LogP contribution in [-0.2, 0) is 11.2 Å². The van der Waals surface area contributed by atoms with Crippen molar-refractivity contribution in [2.45, 2.75) is 12.8 Å². The van der Waals surface area contributed by atoms with Crippen LogP contribution in [0.3, 0.4) is 0 Å². The number of rotatable bonds is 6. The van der Waals surface area contributed by atoms with E-state index in [0.717, 1.165) is 12.8 Å². The number of nitrogens with one attached hydrogen (secondary N) is 1. The molecule has 0 atom stereocenters. The summed E-state index contributed by atoms with van der Waals surface area (Å²) in [6, 6.07) is 16.7. The molecule has 2 aromatic rings. The fourth-order valence-corrected chi connectivity index (χ4v) is 2.56. The molecule has 24 heavy (non-hydrogen) atoms. The first-order valence-corrected chi connectivity index (χ1v) is 8.32. The Balaban J connectivity index is 1.90. The zero-order valence-corrected chi connectivity index (χ0v) is 14.6. The van der Waals surface area contributed by atoms with Gasteiger partial charge in [-0.2, -0.15) is 5.26 Å². The number of phenols is 1. The van der Waals surface area contributed by atoms with Crippen LogP contribution in [0.25, 0.3) is 6.08 Å². The predicted octanol–water partition coefficient (Wildman–Crippen LogP) is 3.81. The van der Waals surface area contributed by atoms with Gasteiger partial charge in [-0.1, -0.05) is 36.4 Å². The summed E-state index contributed by atoms with van der Waals surface area (Å²) in [5.74, 6) is -0.286. The maximum atomic E-state index is 12.1. The molecule has 5 heteroatoms. The number of amides is 1. The van der Waals surface area contributed by atoms with E-state index in [2.05, 4.69) is 21.2 Å². The Kier molecular flexibility index (Phi) is 6.59. The number of phenolic OH excluding ortho intramolecular Hbond substituents is 1. The predicted molar refractivity (Wildman–Crippen MR) is 97.2 cm³/mol. The van der Waals surface area contributed by atoms with Gasteiger partial charge in [-0.25, -0.2) is 0 Å². The van der Waals surface area contributed by atoms with E-state index in [0.29, 0.717) is 16.6 Å². The molecule has 0 fully saturated rings. The standard InChI is InChI=1S/C19H17BrN2O2/c20-17-12-15(8-9-18(17)23)11-16(13-21)19(24)22-10-4-7-14-5-2-1-3-6-14/h1-3,5-6,8-9,11-12,23H,4,7,10H2,(H,22,24)/b16-11-. The van der Waals surface area contributed by atoms with Crippen LogP contribution in [0.1, 0.15) is 17.5 Å². The molecule has 0 saturated carbocycles. The first kappa shape index (κ1) is 17.8. The van der Waals surface area contributed by atoms with E-state index in [9.17, 15) is 15.2 Å². The zero-order chi connectivity index (χ0) is 17.4. The van der Waals surface area contributed by atoms with E-state index < -0.39 is 5.91 Å². The van der Waals surface area contributed by atoms with Crippen molar-refractivity contribution in [2.24, 2.45) is 0 Å². The second-order valence-electron chi connectivity index (χ2n) is 5.23. The lowest BCUT2D eigenvalue weighted by molar-refractivity contribution is -0.117. The molecule has 0 saturated heterocycles. The first-order valence-electron chi connectivity index (χ1n) is 7.52. The van der Waals surface area contributed by atoms with Gasteiger partial charge in [0, 0.05) is 6.54 Å². The molecule has 0 aromatic heterocycles. The van der Waals surface area contributed by atoms with Crippen molar-refractivity contribution in [1.82, 2.24) is 5.32 Å². The van der Waals surface area contributed by atoms with Gasteiger partial charge >= 0.3 is 0 Å². The Morgan fingerprint density at radius 3 is 2.67 bits per heavy atom. The van der Waals surface area contributed by atoms with Crippen LogP contribution in [0, 0.1) is 11.3 Å². The van der Waals surface area contributed by atoms with Gasteiger partial charge in [0.05, 0.1) is 4.47 Å². The first-order chi connectivity index (χ1) is 11.6. The highest BCUT2D eigenvalue weighted by atomic mass is 79.9. The molecular weight excluding hydrogens is 368 g/mol. The number of nitriles is 1. The lowest BCUT2D eigenvalue weighted by Crippen LogP contribution is -2.25. The topological polar surface area (TPSA) is 73.1 Å². The highest BCUT2D eigenvalue weighted by Gasteiger charge is 2.09. The summed E-state index contributed by atoms with van der Waals surface area (Å²) in [6.07, 6.45) is 3.17. The van der Waals surface area contributed by atoms with Crippen LogP contribution >= 0.6 is 15.9 Å². The summed E-state index contributed by atoms with van der Waals surface area (Å²) in [4.78, 5) is 12.1. The molecule has 4 nitrogen and oxygen atoms in total. The van der Waals surface area contributed by atoms with Crippen LogP contribution in [0.5, 0.6) is 5.75 Å². The average Bonchev–Trinajstić information content (AvgIpc) is 2.60. The number of aromatic hydroxyl groups is 1. The Morgan fingerprint density at radius 2 is 2.00 bits per heavy atom. The second-order valence-corrected chi connectivity index (χ2v) is 6.08. The summed E-state index contributed by atoms with van der Waals surface area (Å²) in [5, 5.41) is 21.4. The molecule has 0 spiro atoms. The SMILES string of the molecule is N#C/C(=C/c1ccc(O)c(Br)c1)C(=O)NCCCc1ccccc1. The molecule has 0 radical (unpaired) electrons. The molecule has 2 N–H and O–H groups in total. The highest BCUT2D eigenvalue weighted by molar-refractivity contribution is 9.10. The Bertz CT molecular complexity index is 780. The van der Waals surface area contributed by atoms with Crippen molar-refractivity contribution in [2.75, 3.05) is 6.54 Å². The van der Waals surface area contributed by atoms with E-state index in [1.165, 1.54) is 17.7 Å². The lowest BCUT2D eigenvalue weighted by Gasteiger charge is -2.05. The van der Waals surface area contributed by atoms with Gasteiger partial charge in [-0.05, 0) is 58.1 Å². The van der Waals surface area contributed by atoms with Crippen LogP contribution in [-0.4, -0.2) is 17.6 Å². The van der Waals surface area contributed by atoms with Crippen LogP contribution in [0.4, 0.5) is 0 Å². The van der Waals surface area contributed by atoms with E-state index in [-0.39, 0.29) is 11.3 Å². The van der Waals surface area contributed by atoms with Crippen molar-refractivity contribution in [3.05, 3.63) is 69.7 Å². The zero-order valence-electron chi connectivity index (χ0n) is 13.0. The van der Waals surface area contributed by atoms with Crippen molar-refractivity contribution in [1.29, 1.82) is 5.26 Å². The van der Waals surface area contributed by atoms with E-state index in [4.69, 9.17) is 0 Å². The van der Waals surface area contributed by atoms with Crippen molar-refractivity contribution >= 4 is 27.9 Å². The molecule has 0 aliphatic heterocycles. The lowest BCUT2D eigenvalue weighted by atomic mass is 10.1. The quantitative estimate of drug-likeness (QED) is 0.451. The van der Waals surface area contributed by atoms with Crippen LogP contribution in [0.15, 0.2) is 58.6 Å². The van der Waals surface area contributed by atoms with Crippen LogP contribution < -0.4 is 5.32 Å². The van der Waals surface area contributed by atoms with Gasteiger partial charge in [0.1, 0.15) is 17.4 Å². The molecule has 0 bridgehead atoms. The summed E-state index contributed by atoms with van der Waals surface area (Å²) < 4.78 is 0.511. The molecule has 0 aliphatic rings. The summed E-state index contributed by atoms with van der Waals surface area (Å²) in [7, 11) is 0. The van der Waals surface area contributed by atoms with E-state index in [1.807, 2.05) is 36.4 Å². The van der Waals surface area contributed by atoms with Crippen molar-refractivity contribution < 1.29 is 9.90 Å². The molecule has 2 rings (SSSR count). The molecule has 122 valence electrons. The van der Waals surface area contributed by atoms with Crippen LogP contribution in [0.2, 0.25) is 0 Å². The maximum absolute atomic E-state index is 12.1. The largest absolute Gasteiger partial charge is 0.507 e. The number of carbonyl (C=O) groups excluding carboxylic acids is 1. The van der Waals surface area contributed by atoms with Gasteiger partial charge < -0.3 is 10.4 Å². The third-order valence-corrected chi connectivity index (χ3v) is 4.05. The minimum Gasteiger partial charge on any atom is -0.507 e. The number of carbonyl (C=O) groups is 1. The number of nitrogens with zero attached hydrogens (tertiary/aromatic N) is 1. The number of benzene rings is 2. The molecule has 1 amide bonds. The minimum absolute atomic E-state index is 0.0345. The number of hydrogen-bond acceptors (Lipinski definition) is 3. The van der Waals surface area contributed by atoms with Gasteiger partial charge in [-0.15, -0.1) is 0 Å². The number of hydrogen-bond donors (Lipinski definition) is 2.